The second-order valence-electron chi connectivity index (χ2n) is 9.45. The molecule has 1 aliphatic carbocycles. The number of hydrogen-bond donors (Lipinski definition) is 4. The molecule has 1 fully saturated rings. The zero-order chi connectivity index (χ0) is 27.7. The third-order valence-electron chi connectivity index (χ3n) is 6.91. The normalized spacial score (nSPS) is 19.3. The van der Waals surface area contributed by atoms with Crippen LogP contribution in [-0.4, -0.2) is 57.1 Å². The zero-order valence-corrected chi connectivity index (χ0v) is 23.3. The molecule has 208 valence electrons. The number of carbonyl (C=O) groups is 1. The van der Waals surface area contributed by atoms with Crippen LogP contribution in [0.1, 0.15) is 41.6 Å². The SMILES string of the molecule is COc1ccccc1C(=O)NCC1(c2ccccc2)CCC(NS(=O)(=O)NCCNc2nccc(Cl)n2)CC1. The lowest BCUT2D eigenvalue weighted by atomic mass is 9.68. The van der Waals surface area contributed by atoms with Gasteiger partial charge in [0.25, 0.3) is 16.1 Å². The van der Waals surface area contributed by atoms with Crippen LogP contribution in [0, 0.1) is 0 Å². The summed E-state index contributed by atoms with van der Waals surface area (Å²) in [4.78, 5) is 21.0. The van der Waals surface area contributed by atoms with Crippen molar-refractivity contribution in [1.82, 2.24) is 24.7 Å². The second-order valence-corrected chi connectivity index (χ2v) is 11.4. The van der Waals surface area contributed by atoms with Gasteiger partial charge in [0.05, 0.1) is 12.7 Å². The van der Waals surface area contributed by atoms with Gasteiger partial charge >= 0.3 is 0 Å². The number of para-hydroxylation sites is 1. The first-order chi connectivity index (χ1) is 18.8. The number of nitrogens with zero attached hydrogens (tertiary/aromatic N) is 2. The Morgan fingerprint density at radius 1 is 1.05 bits per heavy atom. The van der Waals surface area contributed by atoms with E-state index in [0.29, 0.717) is 61.2 Å². The summed E-state index contributed by atoms with van der Waals surface area (Å²) in [6, 6.07) is 18.5. The summed E-state index contributed by atoms with van der Waals surface area (Å²) in [5, 5.41) is 6.33. The van der Waals surface area contributed by atoms with E-state index >= 15 is 0 Å². The summed E-state index contributed by atoms with van der Waals surface area (Å²) < 4.78 is 36.0. The van der Waals surface area contributed by atoms with Crippen LogP contribution in [-0.2, 0) is 15.6 Å². The van der Waals surface area contributed by atoms with Crippen molar-refractivity contribution in [3.63, 3.8) is 0 Å². The maximum absolute atomic E-state index is 13.0. The first kappa shape index (κ1) is 28.8. The second kappa shape index (κ2) is 13.2. The average molecular weight is 573 g/mol. The summed E-state index contributed by atoms with van der Waals surface area (Å²) in [5.41, 5.74) is 1.29. The van der Waals surface area contributed by atoms with Gasteiger partial charge < -0.3 is 15.4 Å². The van der Waals surface area contributed by atoms with Crippen LogP contribution in [0.3, 0.4) is 0 Å². The minimum Gasteiger partial charge on any atom is -0.496 e. The molecule has 39 heavy (non-hydrogen) atoms. The monoisotopic (exact) mass is 572 g/mol. The molecule has 0 aliphatic heterocycles. The van der Waals surface area contributed by atoms with Crippen molar-refractivity contribution in [2.75, 3.05) is 32.1 Å². The van der Waals surface area contributed by atoms with Gasteiger partial charge in [0, 0.05) is 37.3 Å². The Kier molecular flexibility index (Phi) is 9.73. The maximum atomic E-state index is 13.0. The van der Waals surface area contributed by atoms with Crippen LogP contribution in [0.15, 0.2) is 66.9 Å². The molecule has 4 N–H and O–H groups in total. The summed E-state index contributed by atoms with van der Waals surface area (Å²) in [5.74, 6) is 0.647. The highest BCUT2D eigenvalue weighted by Crippen LogP contribution is 2.39. The molecule has 0 radical (unpaired) electrons. The third-order valence-corrected chi connectivity index (χ3v) is 8.35. The topological polar surface area (TPSA) is 134 Å². The predicted molar refractivity (Wildman–Crippen MR) is 151 cm³/mol. The minimum atomic E-state index is -3.71. The molecule has 0 atom stereocenters. The molecule has 0 unspecified atom stereocenters. The van der Waals surface area contributed by atoms with Gasteiger partial charge in [-0.1, -0.05) is 54.1 Å². The molecule has 1 heterocycles. The first-order valence-electron chi connectivity index (χ1n) is 12.8. The smallest absolute Gasteiger partial charge is 0.277 e. The van der Waals surface area contributed by atoms with Crippen LogP contribution >= 0.6 is 11.6 Å². The van der Waals surface area contributed by atoms with E-state index in [-0.39, 0.29) is 23.9 Å². The fourth-order valence-electron chi connectivity index (χ4n) is 4.87. The molecule has 1 aromatic heterocycles. The Hall–Kier alpha value is -3.25. The van der Waals surface area contributed by atoms with Gasteiger partial charge in [-0.15, -0.1) is 0 Å². The van der Waals surface area contributed by atoms with Crippen LogP contribution in [0.25, 0.3) is 0 Å². The molecule has 0 spiro atoms. The quantitative estimate of drug-likeness (QED) is 0.193. The highest BCUT2D eigenvalue weighted by molar-refractivity contribution is 7.87. The van der Waals surface area contributed by atoms with E-state index in [0.717, 1.165) is 5.56 Å². The standard InChI is InChI=1S/C27H33ClN6O4S/c1-38-23-10-6-5-9-22(23)25(35)31-19-27(20-7-3-2-4-8-20)14-11-21(12-15-27)34-39(36,37)32-18-17-30-26-29-16-13-24(28)33-26/h2-10,13,16,21,32,34H,11-12,14-15,17-19H2,1H3,(H,31,35)(H,29,30,33). The third kappa shape index (κ3) is 7.89. The number of rotatable bonds is 12. The van der Waals surface area contributed by atoms with Crippen LogP contribution in [0.2, 0.25) is 5.15 Å². The van der Waals surface area contributed by atoms with Crippen molar-refractivity contribution in [3.8, 4) is 5.75 Å². The minimum absolute atomic E-state index is 0.154. The number of ether oxygens (including phenoxy) is 1. The van der Waals surface area contributed by atoms with Gasteiger partial charge in [-0.05, 0) is 49.4 Å². The molecular formula is C27H33ClN6O4S. The Labute approximate surface area is 234 Å². The number of anilines is 1. The molecular weight excluding hydrogens is 540 g/mol. The van der Waals surface area contributed by atoms with Gasteiger partial charge in [-0.3, -0.25) is 4.79 Å². The van der Waals surface area contributed by atoms with E-state index in [1.165, 1.54) is 6.20 Å². The number of benzene rings is 2. The van der Waals surface area contributed by atoms with E-state index in [4.69, 9.17) is 16.3 Å². The Bertz CT molecular complexity index is 1350. The zero-order valence-electron chi connectivity index (χ0n) is 21.7. The van der Waals surface area contributed by atoms with E-state index in [2.05, 4.69) is 42.2 Å². The van der Waals surface area contributed by atoms with Gasteiger partial charge in [0.2, 0.25) is 5.95 Å². The van der Waals surface area contributed by atoms with Crippen molar-refractivity contribution >= 4 is 33.7 Å². The first-order valence-corrected chi connectivity index (χ1v) is 14.6. The Morgan fingerprint density at radius 3 is 2.49 bits per heavy atom. The van der Waals surface area contributed by atoms with E-state index in [1.54, 1.807) is 31.4 Å². The molecule has 10 nitrogen and oxygen atoms in total. The summed E-state index contributed by atoms with van der Waals surface area (Å²) in [7, 11) is -2.17. The highest BCUT2D eigenvalue weighted by atomic mass is 35.5. The molecule has 3 aromatic rings. The number of nitrogens with one attached hydrogen (secondary N) is 4. The van der Waals surface area contributed by atoms with Crippen molar-refractivity contribution in [3.05, 3.63) is 83.1 Å². The summed E-state index contributed by atoms with van der Waals surface area (Å²) >= 11 is 5.84. The van der Waals surface area contributed by atoms with Crippen molar-refractivity contribution in [1.29, 1.82) is 0 Å². The number of halogens is 1. The van der Waals surface area contributed by atoms with E-state index in [1.807, 2.05) is 24.3 Å². The molecule has 12 heteroatoms. The highest BCUT2D eigenvalue weighted by Gasteiger charge is 2.38. The number of methoxy groups -OCH3 is 1. The van der Waals surface area contributed by atoms with Crippen LogP contribution in [0.4, 0.5) is 5.95 Å². The van der Waals surface area contributed by atoms with Crippen LogP contribution < -0.4 is 24.8 Å². The fraction of sp³-hybridized carbons (Fsp3) is 0.370. The Balaban J connectivity index is 1.33. The predicted octanol–water partition coefficient (Wildman–Crippen LogP) is 3.29. The number of carbonyl (C=O) groups excluding carboxylic acids is 1. The summed E-state index contributed by atoms with van der Waals surface area (Å²) in [6.07, 6.45) is 4.21. The van der Waals surface area contributed by atoms with Crippen molar-refractivity contribution in [2.24, 2.45) is 0 Å². The molecule has 0 bridgehead atoms. The summed E-state index contributed by atoms with van der Waals surface area (Å²) in [6.45, 7) is 0.888. The van der Waals surface area contributed by atoms with Gasteiger partial charge in [0.15, 0.2) is 0 Å². The average Bonchev–Trinajstić information content (AvgIpc) is 2.95. The lowest BCUT2D eigenvalue weighted by Gasteiger charge is -2.41. The van der Waals surface area contributed by atoms with Gasteiger partial charge in [0.1, 0.15) is 10.9 Å². The number of amides is 1. The molecule has 1 amide bonds. The molecule has 0 saturated heterocycles. The van der Waals surface area contributed by atoms with Crippen LogP contribution in [0.5, 0.6) is 5.75 Å². The van der Waals surface area contributed by atoms with E-state index < -0.39 is 10.2 Å². The van der Waals surface area contributed by atoms with Gasteiger partial charge in [-0.2, -0.15) is 13.1 Å². The van der Waals surface area contributed by atoms with Gasteiger partial charge in [-0.25, -0.2) is 14.7 Å². The number of aromatic nitrogens is 2. The molecule has 2 aromatic carbocycles. The van der Waals surface area contributed by atoms with Crippen molar-refractivity contribution in [2.45, 2.75) is 37.1 Å². The lowest BCUT2D eigenvalue weighted by Crippen LogP contribution is -2.49. The fourth-order valence-corrected chi connectivity index (χ4v) is 6.13. The molecule has 1 aliphatic rings. The molecule has 1 saturated carbocycles. The lowest BCUT2D eigenvalue weighted by molar-refractivity contribution is 0.0932. The Morgan fingerprint density at radius 2 is 1.77 bits per heavy atom. The maximum Gasteiger partial charge on any atom is 0.277 e. The van der Waals surface area contributed by atoms with Crippen molar-refractivity contribution < 1.29 is 17.9 Å². The number of hydrogen-bond acceptors (Lipinski definition) is 7. The van der Waals surface area contributed by atoms with E-state index in [9.17, 15) is 13.2 Å². The largest absolute Gasteiger partial charge is 0.496 e. The molecule has 4 rings (SSSR count).